The molecule has 0 saturated heterocycles. The lowest BCUT2D eigenvalue weighted by Crippen LogP contribution is -2.34. The molecule has 2 aromatic carbocycles. The summed E-state index contributed by atoms with van der Waals surface area (Å²) in [6.45, 7) is 1.28. The molecular weight excluding hydrogens is 381 g/mol. The minimum absolute atomic E-state index is 0.367. The van der Waals surface area contributed by atoms with Crippen LogP contribution in [0.25, 0.3) is 11.1 Å². The zero-order valence-corrected chi connectivity index (χ0v) is 15.6. The van der Waals surface area contributed by atoms with Crippen molar-refractivity contribution in [1.82, 2.24) is 9.88 Å². The van der Waals surface area contributed by atoms with E-state index in [1.807, 2.05) is 54.6 Å². The van der Waals surface area contributed by atoms with Crippen LogP contribution in [0.4, 0.5) is 13.2 Å². The van der Waals surface area contributed by atoms with Gasteiger partial charge in [0.1, 0.15) is 6.54 Å². The number of halogens is 3. The molecule has 0 aliphatic carbocycles. The van der Waals surface area contributed by atoms with Gasteiger partial charge in [-0.3, -0.25) is 9.59 Å². The number of alkyl halides is 3. The highest BCUT2D eigenvalue weighted by molar-refractivity contribution is 5.76. The fourth-order valence-corrected chi connectivity index (χ4v) is 2.94. The van der Waals surface area contributed by atoms with Crippen LogP contribution in [-0.4, -0.2) is 10.5 Å². The molecule has 1 amide bonds. The Hall–Kier alpha value is -3.35. The fourth-order valence-electron chi connectivity index (χ4n) is 2.94. The monoisotopic (exact) mass is 400 g/mol. The maximum absolute atomic E-state index is 12.8. The van der Waals surface area contributed by atoms with E-state index in [2.05, 4.69) is 5.32 Å². The molecule has 3 aromatic rings. The second-order valence-electron chi connectivity index (χ2n) is 6.66. The third-order valence-electron chi connectivity index (χ3n) is 4.52. The number of aromatic nitrogens is 1. The maximum Gasteiger partial charge on any atom is 0.417 e. The highest BCUT2D eigenvalue weighted by Gasteiger charge is 2.31. The summed E-state index contributed by atoms with van der Waals surface area (Å²) in [5, 5.41) is 2.71. The van der Waals surface area contributed by atoms with Crippen LogP contribution in [-0.2, 0) is 17.5 Å². The molecule has 0 spiro atoms. The van der Waals surface area contributed by atoms with Gasteiger partial charge < -0.3 is 9.88 Å². The predicted molar refractivity (Wildman–Crippen MR) is 104 cm³/mol. The predicted octanol–water partition coefficient (Wildman–Crippen LogP) is 4.41. The lowest BCUT2D eigenvalue weighted by Gasteiger charge is -2.16. The lowest BCUT2D eigenvalue weighted by molar-refractivity contribution is -0.138. The minimum atomic E-state index is -4.58. The van der Waals surface area contributed by atoms with Gasteiger partial charge in [-0.1, -0.05) is 54.6 Å². The van der Waals surface area contributed by atoms with Crippen molar-refractivity contribution in [2.75, 3.05) is 0 Å². The van der Waals surface area contributed by atoms with Gasteiger partial charge in [0.25, 0.3) is 5.56 Å². The van der Waals surface area contributed by atoms with Gasteiger partial charge in [0, 0.05) is 12.3 Å². The van der Waals surface area contributed by atoms with Crippen molar-refractivity contribution in [3.8, 4) is 11.1 Å². The molecule has 1 heterocycles. The molecule has 29 heavy (non-hydrogen) atoms. The Morgan fingerprint density at radius 1 is 0.966 bits per heavy atom. The van der Waals surface area contributed by atoms with Crippen LogP contribution >= 0.6 is 0 Å². The summed E-state index contributed by atoms with van der Waals surface area (Å²) >= 11 is 0. The van der Waals surface area contributed by atoms with Crippen LogP contribution in [0.5, 0.6) is 0 Å². The molecule has 4 nitrogen and oxygen atoms in total. The number of nitrogens with one attached hydrogen (secondary N) is 1. The van der Waals surface area contributed by atoms with E-state index < -0.39 is 29.8 Å². The topological polar surface area (TPSA) is 51.1 Å². The number of carbonyl (C=O) groups is 1. The van der Waals surface area contributed by atoms with Crippen LogP contribution in [0.2, 0.25) is 0 Å². The van der Waals surface area contributed by atoms with Gasteiger partial charge in [0.05, 0.1) is 11.6 Å². The van der Waals surface area contributed by atoms with Gasteiger partial charge in [-0.2, -0.15) is 13.2 Å². The van der Waals surface area contributed by atoms with E-state index in [0.717, 1.165) is 27.3 Å². The van der Waals surface area contributed by atoms with E-state index in [1.165, 1.54) is 0 Å². The molecule has 1 N–H and O–H groups in total. The van der Waals surface area contributed by atoms with E-state index in [1.54, 1.807) is 6.92 Å². The molecule has 7 heteroatoms. The Labute approximate surface area is 165 Å². The van der Waals surface area contributed by atoms with Gasteiger partial charge in [-0.05, 0) is 29.7 Å². The van der Waals surface area contributed by atoms with Crippen LogP contribution in [0.3, 0.4) is 0 Å². The number of hydrogen-bond acceptors (Lipinski definition) is 2. The lowest BCUT2D eigenvalue weighted by atomic mass is 10.0. The first-order valence-corrected chi connectivity index (χ1v) is 8.96. The van der Waals surface area contributed by atoms with Crippen LogP contribution < -0.4 is 10.9 Å². The average Bonchev–Trinajstić information content (AvgIpc) is 2.69. The molecule has 0 saturated carbocycles. The number of rotatable bonds is 5. The maximum atomic E-state index is 12.8. The van der Waals surface area contributed by atoms with E-state index in [9.17, 15) is 22.8 Å². The highest BCUT2D eigenvalue weighted by Crippen LogP contribution is 2.28. The quantitative estimate of drug-likeness (QED) is 0.690. The summed E-state index contributed by atoms with van der Waals surface area (Å²) in [4.78, 5) is 24.0. The Bertz CT molecular complexity index is 1040. The standard InChI is InChI=1S/C22H19F3N2O2/c1-15(16-7-9-18(10-8-16)17-5-3-2-4-6-17)26-20(28)14-27-13-19(22(23,24)25)11-12-21(27)29/h2-13,15H,14H2,1H3,(H,26,28)/t15-/m1/s1. The Balaban J connectivity index is 1.67. The summed E-state index contributed by atoms with van der Waals surface area (Å²) < 4.78 is 39.2. The Morgan fingerprint density at radius 2 is 1.59 bits per heavy atom. The molecule has 0 aliphatic heterocycles. The van der Waals surface area contributed by atoms with Crippen molar-refractivity contribution in [2.45, 2.75) is 25.7 Å². The number of carbonyl (C=O) groups excluding carboxylic acids is 1. The van der Waals surface area contributed by atoms with Crippen molar-refractivity contribution in [2.24, 2.45) is 0 Å². The summed E-state index contributed by atoms with van der Waals surface area (Å²) in [6, 6.07) is 18.6. The minimum Gasteiger partial charge on any atom is -0.348 e. The normalized spacial score (nSPS) is 12.4. The first-order chi connectivity index (χ1) is 13.7. The molecule has 1 atom stereocenters. The highest BCUT2D eigenvalue weighted by atomic mass is 19.4. The third kappa shape index (κ3) is 5.13. The van der Waals surface area contributed by atoms with E-state index in [-0.39, 0.29) is 6.04 Å². The largest absolute Gasteiger partial charge is 0.417 e. The van der Waals surface area contributed by atoms with Crippen molar-refractivity contribution >= 4 is 5.91 Å². The van der Waals surface area contributed by atoms with Gasteiger partial charge in [0.2, 0.25) is 5.91 Å². The Kier molecular flexibility index (Phi) is 5.87. The van der Waals surface area contributed by atoms with Crippen molar-refractivity contribution < 1.29 is 18.0 Å². The van der Waals surface area contributed by atoms with E-state index >= 15 is 0 Å². The van der Waals surface area contributed by atoms with Crippen molar-refractivity contribution in [1.29, 1.82) is 0 Å². The number of nitrogens with zero attached hydrogens (tertiary/aromatic N) is 1. The molecular formula is C22H19F3N2O2. The zero-order valence-electron chi connectivity index (χ0n) is 15.6. The third-order valence-corrected chi connectivity index (χ3v) is 4.52. The van der Waals surface area contributed by atoms with Gasteiger partial charge in [-0.25, -0.2) is 0 Å². The first kappa shape index (κ1) is 20.4. The van der Waals surface area contributed by atoms with Gasteiger partial charge in [-0.15, -0.1) is 0 Å². The molecule has 3 rings (SSSR count). The number of pyridine rings is 1. The molecule has 150 valence electrons. The second kappa shape index (κ2) is 8.34. The number of benzene rings is 2. The summed E-state index contributed by atoms with van der Waals surface area (Å²) in [6.07, 6.45) is -3.93. The summed E-state index contributed by atoms with van der Waals surface area (Å²) in [5.41, 5.74) is 1.29. The fraction of sp³-hybridized carbons (Fsp3) is 0.182. The van der Waals surface area contributed by atoms with Crippen LogP contribution in [0.1, 0.15) is 24.1 Å². The molecule has 0 aliphatic rings. The molecule has 0 radical (unpaired) electrons. The Morgan fingerprint density at radius 3 is 2.21 bits per heavy atom. The molecule has 0 bridgehead atoms. The SMILES string of the molecule is C[C@@H](NC(=O)Cn1cc(C(F)(F)F)ccc1=O)c1ccc(-c2ccccc2)cc1. The van der Waals surface area contributed by atoms with Crippen molar-refractivity contribution in [3.63, 3.8) is 0 Å². The van der Waals surface area contributed by atoms with Crippen LogP contribution in [0.15, 0.2) is 77.7 Å². The summed E-state index contributed by atoms with van der Waals surface area (Å²) in [7, 11) is 0. The zero-order chi connectivity index (χ0) is 21.0. The van der Waals surface area contributed by atoms with Gasteiger partial charge in [0.15, 0.2) is 0 Å². The van der Waals surface area contributed by atoms with E-state index in [4.69, 9.17) is 0 Å². The van der Waals surface area contributed by atoms with Gasteiger partial charge >= 0.3 is 6.18 Å². The van der Waals surface area contributed by atoms with E-state index in [0.29, 0.717) is 12.3 Å². The number of hydrogen-bond donors (Lipinski definition) is 1. The number of amides is 1. The molecule has 0 unspecified atom stereocenters. The molecule has 0 fully saturated rings. The van der Waals surface area contributed by atoms with Crippen LogP contribution in [0, 0.1) is 0 Å². The average molecular weight is 400 g/mol. The molecule has 1 aromatic heterocycles. The smallest absolute Gasteiger partial charge is 0.348 e. The van der Waals surface area contributed by atoms with Crippen molar-refractivity contribution in [3.05, 3.63) is 94.4 Å². The second-order valence-corrected chi connectivity index (χ2v) is 6.66. The summed E-state index contributed by atoms with van der Waals surface area (Å²) in [5.74, 6) is -0.550. The first-order valence-electron chi connectivity index (χ1n) is 8.96.